The number of benzene rings is 1. The molecule has 2 aliphatic rings. The standard InChI is InChI=1S/C26H30F6N6O2/c1-4-21-8-22(14-38(21)24(39)40-15(2)3)37(23-33-9-17(10-34-23)18-11-35-36-12-18)13-16-5-19(25(27,28)29)7-20(6-16)26(30,31)32/h5-7,9-11,15,18,21-22,36H,4,8,12-14H2,1-3H3/t18?,21-,22+/m1/s1. The van der Waals surface area contributed by atoms with Gasteiger partial charge in [-0.2, -0.15) is 31.4 Å². The Kier molecular flexibility index (Phi) is 8.45. The van der Waals surface area contributed by atoms with Crippen LogP contribution in [0.5, 0.6) is 0 Å². The molecule has 2 aliphatic heterocycles. The molecule has 3 heterocycles. The van der Waals surface area contributed by atoms with Crippen LogP contribution in [0, 0.1) is 0 Å². The summed E-state index contributed by atoms with van der Waals surface area (Å²) in [6, 6.07) is 0.769. The molecule has 0 saturated carbocycles. The molecule has 1 fully saturated rings. The Labute approximate surface area is 227 Å². The average molecular weight is 573 g/mol. The number of hydrogen-bond acceptors (Lipinski definition) is 7. The van der Waals surface area contributed by atoms with Gasteiger partial charge >= 0.3 is 18.4 Å². The number of hydrogen-bond donors (Lipinski definition) is 1. The van der Waals surface area contributed by atoms with Gasteiger partial charge in [0.25, 0.3) is 0 Å². The van der Waals surface area contributed by atoms with Crippen LogP contribution in [0.1, 0.15) is 61.8 Å². The van der Waals surface area contributed by atoms with Crippen LogP contribution in [0.3, 0.4) is 0 Å². The second-order valence-corrected chi connectivity index (χ2v) is 10.1. The van der Waals surface area contributed by atoms with E-state index in [2.05, 4.69) is 20.5 Å². The normalized spacial score (nSPS) is 21.1. The third kappa shape index (κ3) is 6.76. The molecule has 40 heavy (non-hydrogen) atoms. The van der Waals surface area contributed by atoms with E-state index >= 15 is 0 Å². The van der Waals surface area contributed by atoms with Crippen LogP contribution >= 0.6 is 0 Å². The van der Waals surface area contributed by atoms with Crippen LogP contribution in [-0.4, -0.2) is 58.5 Å². The van der Waals surface area contributed by atoms with Crippen molar-refractivity contribution in [2.45, 2.75) is 76.6 Å². The predicted molar refractivity (Wildman–Crippen MR) is 135 cm³/mol. The first-order valence-electron chi connectivity index (χ1n) is 12.9. The molecule has 1 saturated heterocycles. The van der Waals surface area contributed by atoms with E-state index < -0.39 is 35.6 Å². The van der Waals surface area contributed by atoms with Gasteiger partial charge in [0.2, 0.25) is 5.95 Å². The topological polar surface area (TPSA) is 83.0 Å². The zero-order valence-electron chi connectivity index (χ0n) is 22.1. The van der Waals surface area contributed by atoms with Gasteiger partial charge < -0.3 is 20.0 Å². The molecule has 1 unspecified atom stereocenters. The predicted octanol–water partition coefficient (Wildman–Crippen LogP) is 5.59. The number of rotatable bonds is 7. The summed E-state index contributed by atoms with van der Waals surface area (Å²) in [6.45, 7) is 5.66. The van der Waals surface area contributed by atoms with E-state index in [0.29, 0.717) is 31.5 Å². The summed E-state index contributed by atoms with van der Waals surface area (Å²) in [7, 11) is 0. The zero-order chi connectivity index (χ0) is 29.2. The molecule has 1 aromatic carbocycles. The van der Waals surface area contributed by atoms with E-state index in [-0.39, 0.29) is 48.7 Å². The van der Waals surface area contributed by atoms with Crippen molar-refractivity contribution < 1.29 is 35.9 Å². The summed E-state index contributed by atoms with van der Waals surface area (Å²) in [5.74, 6) is 0.0501. The minimum atomic E-state index is -4.98. The maximum absolute atomic E-state index is 13.6. The summed E-state index contributed by atoms with van der Waals surface area (Å²) in [4.78, 5) is 24.7. The first-order chi connectivity index (χ1) is 18.8. The van der Waals surface area contributed by atoms with E-state index in [1.807, 2.05) is 6.92 Å². The lowest BCUT2D eigenvalue weighted by Gasteiger charge is -2.30. The summed E-state index contributed by atoms with van der Waals surface area (Å²) in [6.07, 6.45) is -5.07. The quantitative estimate of drug-likeness (QED) is 0.436. The number of halogens is 6. The largest absolute Gasteiger partial charge is 0.447 e. The highest BCUT2D eigenvalue weighted by molar-refractivity contribution is 5.70. The van der Waals surface area contributed by atoms with Crippen molar-refractivity contribution in [2.75, 3.05) is 18.0 Å². The number of carbonyl (C=O) groups is 1. The molecule has 1 amide bonds. The SMILES string of the molecule is CC[C@@H]1C[C@H](N(Cc2cc(C(F)(F)F)cc(C(F)(F)F)c2)c2ncc(C3C=NNC3)cn2)CN1C(=O)OC(C)C. The number of aromatic nitrogens is 2. The lowest BCUT2D eigenvalue weighted by atomic mass is 10.0. The Balaban J connectivity index is 1.71. The van der Waals surface area contributed by atoms with Crippen LogP contribution in [0.2, 0.25) is 0 Å². The second kappa shape index (κ2) is 11.5. The van der Waals surface area contributed by atoms with Crippen LogP contribution in [-0.2, 0) is 23.6 Å². The Morgan fingerprint density at radius 1 is 1.10 bits per heavy atom. The molecule has 0 spiro atoms. The van der Waals surface area contributed by atoms with Gasteiger partial charge in [-0.1, -0.05) is 6.92 Å². The third-order valence-corrected chi connectivity index (χ3v) is 6.88. The third-order valence-electron chi connectivity index (χ3n) is 6.88. The zero-order valence-corrected chi connectivity index (χ0v) is 22.1. The highest BCUT2D eigenvalue weighted by Crippen LogP contribution is 2.37. The molecule has 0 radical (unpaired) electrons. The lowest BCUT2D eigenvalue weighted by Crippen LogP contribution is -2.41. The van der Waals surface area contributed by atoms with Gasteiger partial charge in [0.05, 0.1) is 23.3 Å². The molecule has 1 aromatic heterocycles. The number of amides is 1. The van der Waals surface area contributed by atoms with Gasteiger partial charge in [-0.15, -0.1) is 0 Å². The van der Waals surface area contributed by atoms with Gasteiger partial charge in [-0.3, -0.25) is 0 Å². The Hall–Kier alpha value is -3.58. The lowest BCUT2D eigenvalue weighted by molar-refractivity contribution is -0.143. The van der Waals surface area contributed by atoms with E-state index in [1.54, 1.807) is 42.3 Å². The van der Waals surface area contributed by atoms with E-state index in [9.17, 15) is 31.1 Å². The molecule has 8 nitrogen and oxygen atoms in total. The molecule has 3 atom stereocenters. The Bertz CT molecular complexity index is 1190. The summed E-state index contributed by atoms with van der Waals surface area (Å²) in [5.41, 5.74) is 0.564. The fourth-order valence-corrected chi connectivity index (χ4v) is 4.89. The van der Waals surface area contributed by atoms with E-state index in [1.165, 1.54) is 0 Å². The Morgan fingerprint density at radius 2 is 1.73 bits per heavy atom. The fraction of sp³-hybridized carbons (Fsp3) is 0.538. The van der Waals surface area contributed by atoms with Crippen molar-refractivity contribution in [3.63, 3.8) is 0 Å². The van der Waals surface area contributed by atoms with Crippen LogP contribution < -0.4 is 10.3 Å². The molecule has 218 valence electrons. The number of nitrogens with zero attached hydrogens (tertiary/aromatic N) is 5. The van der Waals surface area contributed by atoms with Gasteiger partial charge in [-0.25, -0.2) is 14.8 Å². The number of hydrazone groups is 1. The minimum Gasteiger partial charge on any atom is -0.447 e. The highest BCUT2D eigenvalue weighted by Gasteiger charge is 2.41. The van der Waals surface area contributed by atoms with Crippen molar-refractivity contribution in [3.8, 4) is 0 Å². The molecular formula is C26H30F6N6O2. The molecular weight excluding hydrogens is 542 g/mol. The van der Waals surface area contributed by atoms with Crippen molar-refractivity contribution >= 4 is 18.3 Å². The van der Waals surface area contributed by atoms with E-state index in [4.69, 9.17) is 4.74 Å². The fourth-order valence-electron chi connectivity index (χ4n) is 4.89. The summed E-state index contributed by atoms with van der Waals surface area (Å²) >= 11 is 0. The van der Waals surface area contributed by atoms with E-state index in [0.717, 1.165) is 5.56 Å². The first kappa shape index (κ1) is 29.4. The molecule has 4 rings (SSSR count). The van der Waals surface area contributed by atoms with Crippen LogP contribution in [0.4, 0.5) is 37.1 Å². The Morgan fingerprint density at radius 3 is 2.23 bits per heavy atom. The van der Waals surface area contributed by atoms with Gasteiger partial charge in [-0.05, 0) is 56.0 Å². The van der Waals surface area contributed by atoms with Crippen molar-refractivity contribution in [1.29, 1.82) is 0 Å². The highest BCUT2D eigenvalue weighted by atomic mass is 19.4. The molecule has 1 N–H and O–H groups in total. The van der Waals surface area contributed by atoms with Gasteiger partial charge in [0.1, 0.15) is 0 Å². The smallest absolute Gasteiger partial charge is 0.416 e. The van der Waals surface area contributed by atoms with Crippen molar-refractivity contribution in [1.82, 2.24) is 20.3 Å². The van der Waals surface area contributed by atoms with Crippen molar-refractivity contribution in [3.05, 3.63) is 52.8 Å². The number of ether oxygens (including phenoxy) is 1. The minimum absolute atomic E-state index is 0.0717. The molecule has 2 aromatic rings. The second-order valence-electron chi connectivity index (χ2n) is 10.1. The average Bonchev–Trinajstić information content (AvgIpc) is 3.56. The first-order valence-corrected chi connectivity index (χ1v) is 12.9. The monoisotopic (exact) mass is 572 g/mol. The number of likely N-dealkylation sites (tertiary alicyclic amines) is 1. The number of anilines is 1. The number of carbonyl (C=O) groups excluding carboxylic acids is 1. The summed E-state index contributed by atoms with van der Waals surface area (Å²) in [5, 5.41) is 3.96. The molecule has 14 heteroatoms. The maximum atomic E-state index is 13.6. The van der Waals surface area contributed by atoms with Gasteiger partial charge in [0, 0.05) is 50.2 Å². The van der Waals surface area contributed by atoms with Crippen LogP contribution in [0.25, 0.3) is 0 Å². The number of alkyl halides is 6. The maximum Gasteiger partial charge on any atom is 0.416 e. The van der Waals surface area contributed by atoms with Crippen molar-refractivity contribution in [2.24, 2.45) is 5.10 Å². The van der Waals surface area contributed by atoms with Crippen LogP contribution in [0.15, 0.2) is 35.7 Å². The van der Waals surface area contributed by atoms with Gasteiger partial charge in [0.15, 0.2) is 0 Å². The molecule has 0 bridgehead atoms. The number of nitrogens with one attached hydrogen (secondary N) is 1. The molecule has 0 aliphatic carbocycles. The summed E-state index contributed by atoms with van der Waals surface area (Å²) < 4.78 is 86.7.